The Balaban J connectivity index is 1.89. The molecule has 0 aliphatic carbocycles. The molecular formula is C19H17NO6. The number of cyclic esters (lactones) is 1. The molecule has 0 saturated carbocycles. The lowest BCUT2D eigenvalue weighted by molar-refractivity contribution is -0.134. The monoisotopic (exact) mass is 355 g/mol. The number of hydrogen-bond acceptors (Lipinski definition) is 7. The van der Waals surface area contributed by atoms with Crippen LogP contribution in [0.2, 0.25) is 0 Å². The van der Waals surface area contributed by atoms with Gasteiger partial charge in [-0.1, -0.05) is 13.0 Å². The Labute approximate surface area is 149 Å². The highest BCUT2D eigenvalue weighted by Crippen LogP contribution is 2.30. The molecular weight excluding hydrogens is 338 g/mol. The molecule has 0 fully saturated rings. The predicted molar refractivity (Wildman–Crippen MR) is 92.9 cm³/mol. The molecule has 0 spiro atoms. The number of carbonyl (C=O) groups is 2. The molecule has 0 saturated heterocycles. The summed E-state index contributed by atoms with van der Waals surface area (Å²) < 4.78 is 21.0. The highest BCUT2D eigenvalue weighted by molar-refractivity contribution is 6.11. The topological polar surface area (TPSA) is 87.3 Å². The fourth-order valence-corrected chi connectivity index (χ4v) is 2.23. The van der Waals surface area contributed by atoms with Crippen LogP contribution >= 0.6 is 0 Å². The van der Waals surface area contributed by atoms with Gasteiger partial charge in [0.25, 0.3) is 5.90 Å². The quantitative estimate of drug-likeness (QED) is 0.449. The van der Waals surface area contributed by atoms with E-state index in [0.29, 0.717) is 29.4 Å². The van der Waals surface area contributed by atoms with Crippen molar-refractivity contribution in [2.45, 2.75) is 20.3 Å². The molecule has 0 unspecified atom stereocenters. The molecule has 3 rings (SSSR count). The standard InChI is InChI=1S/C19H17NO6/c1-3-17(21)25-14-8-7-12(11-16(14)23-4-2)10-13-19(22)26-18(20-13)15-6-5-9-24-15/h5-11H,3-4H2,1-2H3/b13-10-. The van der Waals surface area contributed by atoms with Crippen molar-refractivity contribution in [3.63, 3.8) is 0 Å². The van der Waals surface area contributed by atoms with Gasteiger partial charge < -0.3 is 18.6 Å². The largest absolute Gasteiger partial charge is 0.490 e. The van der Waals surface area contributed by atoms with Gasteiger partial charge in [-0.25, -0.2) is 9.79 Å². The van der Waals surface area contributed by atoms with Crippen LogP contribution in [-0.2, 0) is 14.3 Å². The number of benzene rings is 1. The van der Waals surface area contributed by atoms with E-state index in [1.54, 1.807) is 43.3 Å². The number of nitrogens with zero attached hydrogens (tertiary/aromatic N) is 1. The van der Waals surface area contributed by atoms with E-state index >= 15 is 0 Å². The molecule has 0 N–H and O–H groups in total. The lowest BCUT2D eigenvalue weighted by atomic mass is 10.1. The van der Waals surface area contributed by atoms with E-state index in [1.807, 2.05) is 6.92 Å². The van der Waals surface area contributed by atoms with E-state index in [1.165, 1.54) is 6.26 Å². The maximum Gasteiger partial charge on any atom is 0.363 e. The number of furan rings is 1. The van der Waals surface area contributed by atoms with Crippen molar-refractivity contribution in [1.82, 2.24) is 0 Å². The average Bonchev–Trinajstić information content (AvgIpc) is 3.28. The molecule has 2 aromatic rings. The number of aliphatic imine (C=N–C) groups is 1. The fraction of sp³-hybridized carbons (Fsp3) is 0.211. The molecule has 134 valence electrons. The van der Waals surface area contributed by atoms with E-state index in [0.717, 1.165) is 0 Å². The molecule has 1 aromatic carbocycles. The Morgan fingerprint density at radius 2 is 2.08 bits per heavy atom. The van der Waals surface area contributed by atoms with Crippen molar-refractivity contribution in [3.8, 4) is 11.5 Å². The Morgan fingerprint density at radius 1 is 1.23 bits per heavy atom. The maximum absolute atomic E-state index is 12.0. The number of carbonyl (C=O) groups excluding carboxylic acids is 2. The zero-order valence-corrected chi connectivity index (χ0v) is 14.4. The highest BCUT2D eigenvalue weighted by Gasteiger charge is 2.25. The first kappa shape index (κ1) is 17.5. The van der Waals surface area contributed by atoms with Gasteiger partial charge in [0.2, 0.25) is 0 Å². The molecule has 26 heavy (non-hydrogen) atoms. The van der Waals surface area contributed by atoms with E-state index in [9.17, 15) is 9.59 Å². The number of ether oxygens (including phenoxy) is 3. The number of esters is 2. The minimum Gasteiger partial charge on any atom is -0.490 e. The Bertz CT molecular complexity index is 879. The Morgan fingerprint density at radius 3 is 2.77 bits per heavy atom. The third kappa shape index (κ3) is 3.83. The predicted octanol–water partition coefficient (Wildman–Crippen LogP) is 3.34. The van der Waals surface area contributed by atoms with Crippen molar-refractivity contribution in [3.05, 3.63) is 53.6 Å². The second kappa shape index (κ2) is 7.69. The van der Waals surface area contributed by atoms with Crippen LogP contribution in [0.15, 0.2) is 51.7 Å². The summed E-state index contributed by atoms with van der Waals surface area (Å²) in [7, 11) is 0. The molecule has 0 atom stereocenters. The summed E-state index contributed by atoms with van der Waals surface area (Å²) in [6.07, 6.45) is 3.29. The third-order valence-corrected chi connectivity index (χ3v) is 3.44. The van der Waals surface area contributed by atoms with E-state index in [2.05, 4.69) is 4.99 Å². The van der Waals surface area contributed by atoms with Gasteiger partial charge in [0.15, 0.2) is 23.0 Å². The molecule has 0 amide bonds. The lowest BCUT2D eigenvalue weighted by Gasteiger charge is -2.10. The summed E-state index contributed by atoms with van der Waals surface area (Å²) in [4.78, 5) is 27.7. The summed E-state index contributed by atoms with van der Waals surface area (Å²) in [5.41, 5.74) is 0.790. The minimum absolute atomic E-state index is 0.116. The van der Waals surface area contributed by atoms with Crippen LogP contribution in [-0.4, -0.2) is 24.4 Å². The van der Waals surface area contributed by atoms with Crippen molar-refractivity contribution >= 4 is 23.9 Å². The van der Waals surface area contributed by atoms with Crippen LogP contribution in [0.5, 0.6) is 11.5 Å². The van der Waals surface area contributed by atoms with Crippen LogP contribution < -0.4 is 9.47 Å². The molecule has 0 bridgehead atoms. The van der Waals surface area contributed by atoms with Gasteiger partial charge in [-0.3, -0.25) is 4.79 Å². The van der Waals surface area contributed by atoms with Gasteiger partial charge in [0.05, 0.1) is 12.9 Å². The van der Waals surface area contributed by atoms with Crippen LogP contribution in [0, 0.1) is 0 Å². The summed E-state index contributed by atoms with van der Waals surface area (Å²) in [6.45, 7) is 3.94. The van der Waals surface area contributed by atoms with Crippen LogP contribution in [0.3, 0.4) is 0 Å². The van der Waals surface area contributed by atoms with Gasteiger partial charge in [-0.15, -0.1) is 0 Å². The minimum atomic E-state index is -0.573. The lowest BCUT2D eigenvalue weighted by Crippen LogP contribution is -2.07. The van der Waals surface area contributed by atoms with E-state index in [4.69, 9.17) is 18.6 Å². The van der Waals surface area contributed by atoms with Crippen molar-refractivity contribution < 1.29 is 28.2 Å². The van der Waals surface area contributed by atoms with Crippen molar-refractivity contribution in [2.75, 3.05) is 6.61 Å². The molecule has 7 nitrogen and oxygen atoms in total. The normalized spacial score (nSPS) is 14.9. The highest BCUT2D eigenvalue weighted by atomic mass is 16.6. The summed E-state index contributed by atoms with van der Waals surface area (Å²) in [5.74, 6) is 0.295. The Kier molecular flexibility index (Phi) is 5.17. The van der Waals surface area contributed by atoms with Gasteiger partial charge >= 0.3 is 11.9 Å². The van der Waals surface area contributed by atoms with Crippen molar-refractivity contribution in [2.24, 2.45) is 4.99 Å². The van der Waals surface area contributed by atoms with Crippen LogP contribution in [0.25, 0.3) is 6.08 Å². The molecule has 1 aromatic heterocycles. The summed E-state index contributed by atoms with van der Waals surface area (Å²) in [6, 6.07) is 8.31. The second-order valence-electron chi connectivity index (χ2n) is 5.28. The Hall–Kier alpha value is -3.35. The summed E-state index contributed by atoms with van der Waals surface area (Å²) >= 11 is 0. The smallest absolute Gasteiger partial charge is 0.363 e. The first-order valence-electron chi connectivity index (χ1n) is 8.14. The molecule has 1 aliphatic rings. The zero-order valence-electron chi connectivity index (χ0n) is 14.4. The van der Waals surface area contributed by atoms with Gasteiger partial charge in [0, 0.05) is 6.42 Å². The second-order valence-corrected chi connectivity index (χ2v) is 5.28. The fourth-order valence-electron chi connectivity index (χ4n) is 2.23. The SMILES string of the molecule is CCOc1cc(/C=C2\N=C(c3ccco3)OC2=O)ccc1OC(=O)CC. The van der Waals surface area contributed by atoms with Gasteiger partial charge in [-0.05, 0) is 42.8 Å². The van der Waals surface area contributed by atoms with E-state index < -0.39 is 5.97 Å². The first-order chi connectivity index (χ1) is 12.6. The first-order valence-corrected chi connectivity index (χ1v) is 8.14. The number of rotatable bonds is 6. The molecule has 2 heterocycles. The molecule has 0 radical (unpaired) electrons. The third-order valence-electron chi connectivity index (χ3n) is 3.44. The van der Waals surface area contributed by atoms with Gasteiger partial charge in [-0.2, -0.15) is 0 Å². The summed E-state index contributed by atoms with van der Waals surface area (Å²) in [5, 5.41) is 0. The molecule has 1 aliphatic heterocycles. The average molecular weight is 355 g/mol. The maximum atomic E-state index is 12.0. The molecule has 7 heteroatoms. The van der Waals surface area contributed by atoms with Crippen LogP contribution in [0.1, 0.15) is 31.6 Å². The number of hydrogen-bond donors (Lipinski definition) is 0. The van der Waals surface area contributed by atoms with Crippen molar-refractivity contribution in [1.29, 1.82) is 0 Å². The zero-order chi connectivity index (χ0) is 18.5. The van der Waals surface area contributed by atoms with E-state index in [-0.39, 0.29) is 24.0 Å². The van der Waals surface area contributed by atoms with Crippen LogP contribution in [0.4, 0.5) is 0 Å². The van der Waals surface area contributed by atoms with Gasteiger partial charge in [0.1, 0.15) is 0 Å².